The second-order valence-corrected chi connectivity index (χ2v) is 10.5. The van der Waals surface area contributed by atoms with E-state index in [4.69, 9.17) is 8.22 Å². The topological polar surface area (TPSA) is 60.7 Å². The minimum Gasteiger partial charge on any atom is -0.393 e. The Bertz CT molecular complexity index is 933. The van der Waals surface area contributed by atoms with Gasteiger partial charge in [0.2, 0.25) is 0 Å². The van der Waals surface area contributed by atoms with Crippen LogP contribution in [0.15, 0.2) is 47.6 Å². The molecule has 3 saturated carbocycles. The first kappa shape index (κ1) is 17.3. The second kappa shape index (κ2) is 9.37. The number of fused-ring (bicyclic) bond motifs is 1. The molecular weight excluding hydrogens is 384 g/mol. The number of hydrogen-bond donors (Lipinski definition) is 3. The Morgan fingerprint density at radius 2 is 1.94 bits per heavy atom. The minimum absolute atomic E-state index is 0.0581. The Morgan fingerprint density at radius 1 is 1.19 bits per heavy atom. The van der Waals surface area contributed by atoms with Crippen LogP contribution in [0.3, 0.4) is 0 Å². The predicted octanol–water partition coefficient (Wildman–Crippen LogP) is 5.73. The molecule has 3 nitrogen and oxygen atoms in total. The van der Waals surface area contributed by atoms with Crippen molar-refractivity contribution < 1.29 is 23.5 Å². The third-order valence-corrected chi connectivity index (χ3v) is 8.30. The first-order valence-corrected chi connectivity index (χ1v) is 11.8. The van der Waals surface area contributed by atoms with Crippen LogP contribution in [-0.4, -0.2) is 33.1 Å². The van der Waals surface area contributed by atoms with Gasteiger partial charge in [-0.05, 0) is 86.5 Å². The van der Waals surface area contributed by atoms with Crippen LogP contribution in [0.4, 0.5) is 0 Å². The standard InChI is InChI=1S/C28H44O3/c1-18(9-10-19(2)27(4,5)31)24-13-14-25-21(8-7-15-28(24,25)6)11-12-22-16-23(29)17-26(30)20(22)3/h9-12,18-19,23-26,29-31H,3,7-8,13-17H2,1-2,4-6H3/b10-9+,21-11+,22-12-/t18-,19+,23-,24-,25+,26+,28-/m1/s1/i4D3,5D3. The van der Waals surface area contributed by atoms with Gasteiger partial charge in [0.25, 0.3) is 0 Å². The molecule has 3 N–H and O–H groups in total. The lowest BCUT2D eigenvalue weighted by Gasteiger charge is -2.44. The van der Waals surface area contributed by atoms with Crippen molar-refractivity contribution in [3.8, 4) is 0 Å². The van der Waals surface area contributed by atoms with Crippen LogP contribution < -0.4 is 0 Å². The molecule has 0 saturated heterocycles. The average molecular weight is 435 g/mol. The van der Waals surface area contributed by atoms with E-state index in [1.807, 2.05) is 12.2 Å². The fourth-order valence-corrected chi connectivity index (χ4v) is 6.22. The molecule has 3 fully saturated rings. The summed E-state index contributed by atoms with van der Waals surface area (Å²) in [5, 5.41) is 31.0. The third kappa shape index (κ3) is 5.26. The first-order valence-electron chi connectivity index (χ1n) is 14.8. The van der Waals surface area contributed by atoms with Crippen LogP contribution in [0.25, 0.3) is 0 Å². The van der Waals surface area contributed by atoms with E-state index in [1.165, 1.54) is 12.5 Å². The first-order chi connectivity index (χ1) is 16.9. The molecule has 31 heavy (non-hydrogen) atoms. The molecule has 0 radical (unpaired) electrons. The summed E-state index contributed by atoms with van der Waals surface area (Å²) in [6.07, 6.45) is 12.5. The largest absolute Gasteiger partial charge is 0.393 e. The van der Waals surface area contributed by atoms with Gasteiger partial charge < -0.3 is 15.3 Å². The number of aliphatic hydroxyl groups excluding tert-OH is 2. The molecule has 0 aromatic heterocycles. The maximum absolute atomic E-state index is 10.8. The van der Waals surface area contributed by atoms with Gasteiger partial charge >= 0.3 is 0 Å². The zero-order valence-corrected chi connectivity index (χ0v) is 19.3. The van der Waals surface area contributed by atoms with Gasteiger partial charge in [-0.3, -0.25) is 0 Å². The Morgan fingerprint density at radius 3 is 2.65 bits per heavy atom. The normalized spacial score (nSPS) is 43.0. The van der Waals surface area contributed by atoms with Gasteiger partial charge in [0.05, 0.1) is 17.8 Å². The van der Waals surface area contributed by atoms with Crippen molar-refractivity contribution in [3.63, 3.8) is 0 Å². The lowest BCUT2D eigenvalue weighted by atomic mass is 9.61. The van der Waals surface area contributed by atoms with E-state index in [2.05, 4.69) is 26.5 Å². The average Bonchev–Trinajstić information content (AvgIpc) is 3.14. The summed E-state index contributed by atoms with van der Waals surface area (Å²) >= 11 is 0. The van der Waals surface area contributed by atoms with Crippen LogP contribution in [0.1, 0.15) is 87.6 Å². The summed E-state index contributed by atoms with van der Waals surface area (Å²) in [5.74, 6) is -0.220. The predicted molar refractivity (Wildman–Crippen MR) is 128 cm³/mol. The third-order valence-electron chi connectivity index (χ3n) is 8.30. The van der Waals surface area contributed by atoms with Crippen molar-refractivity contribution in [2.24, 2.45) is 29.1 Å². The molecule has 7 atom stereocenters. The van der Waals surface area contributed by atoms with E-state index in [1.54, 1.807) is 6.08 Å². The summed E-state index contributed by atoms with van der Waals surface area (Å²) in [6.45, 7) is 3.83. The molecule has 0 aromatic carbocycles. The lowest BCUT2D eigenvalue weighted by molar-refractivity contribution is 0.0436. The molecule has 0 aliphatic heterocycles. The Kier molecular flexibility index (Phi) is 5.24. The molecule has 0 spiro atoms. The molecule has 3 aliphatic carbocycles. The molecule has 0 bridgehead atoms. The monoisotopic (exact) mass is 434 g/mol. The van der Waals surface area contributed by atoms with E-state index >= 15 is 0 Å². The summed E-state index contributed by atoms with van der Waals surface area (Å²) in [6, 6.07) is 0. The molecule has 0 aromatic rings. The SMILES string of the molecule is [2H]C([2H])([2H])C(O)([C@@H](C)/C=C/[C@@H](C)[C@H]1CC[C@H]2/C(=C/C=C3/C[C@@H](O)C[C@H](O)C3=C)CCC[C@]12C)C([2H])([2H])[2H]. The smallest absolute Gasteiger partial charge is 0.0811 e. The Hall–Kier alpha value is -1.16. The van der Waals surface area contributed by atoms with E-state index in [9.17, 15) is 15.3 Å². The van der Waals surface area contributed by atoms with E-state index in [-0.39, 0.29) is 11.3 Å². The van der Waals surface area contributed by atoms with Gasteiger partial charge in [0.1, 0.15) is 0 Å². The molecule has 3 heteroatoms. The fraction of sp³-hybridized carbons (Fsp3) is 0.714. The fourth-order valence-electron chi connectivity index (χ4n) is 6.22. The van der Waals surface area contributed by atoms with Crippen molar-refractivity contribution in [1.29, 1.82) is 0 Å². The maximum atomic E-state index is 10.8. The zero-order valence-electron chi connectivity index (χ0n) is 25.3. The van der Waals surface area contributed by atoms with Gasteiger partial charge in [-0.1, -0.05) is 57.2 Å². The van der Waals surface area contributed by atoms with Crippen LogP contribution in [0, 0.1) is 29.1 Å². The molecule has 3 aliphatic rings. The lowest BCUT2D eigenvalue weighted by Crippen LogP contribution is -2.35. The van der Waals surface area contributed by atoms with E-state index in [0.717, 1.165) is 37.7 Å². The van der Waals surface area contributed by atoms with Gasteiger partial charge in [-0.2, -0.15) is 0 Å². The summed E-state index contributed by atoms with van der Waals surface area (Å²) in [5.41, 5.74) is 0.225. The van der Waals surface area contributed by atoms with Crippen LogP contribution >= 0.6 is 0 Å². The van der Waals surface area contributed by atoms with Crippen molar-refractivity contribution in [1.82, 2.24) is 0 Å². The number of hydrogen-bond acceptors (Lipinski definition) is 3. The highest BCUT2D eigenvalue weighted by atomic mass is 16.3. The highest BCUT2D eigenvalue weighted by Crippen LogP contribution is 2.59. The minimum atomic E-state index is -3.04. The quantitative estimate of drug-likeness (QED) is 0.485. The number of allylic oxidation sites excluding steroid dienone is 4. The molecule has 0 heterocycles. The van der Waals surface area contributed by atoms with Gasteiger partial charge in [0.15, 0.2) is 0 Å². The van der Waals surface area contributed by atoms with Crippen molar-refractivity contribution >= 4 is 0 Å². The van der Waals surface area contributed by atoms with Crippen molar-refractivity contribution in [3.05, 3.63) is 47.6 Å². The highest BCUT2D eigenvalue weighted by Gasteiger charge is 2.50. The van der Waals surface area contributed by atoms with E-state index in [0.29, 0.717) is 30.3 Å². The van der Waals surface area contributed by atoms with Crippen LogP contribution in [-0.2, 0) is 0 Å². The van der Waals surface area contributed by atoms with Crippen molar-refractivity contribution in [2.75, 3.05) is 0 Å². The van der Waals surface area contributed by atoms with Crippen molar-refractivity contribution in [2.45, 2.75) is 97.2 Å². The van der Waals surface area contributed by atoms with Gasteiger partial charge in [0, 0.05) is 20.6 Å². The molecule has 174 valence electrons. The number of rotatable bonds is 5. The second-order valence-electron chi connectivity index (χ2n) is 10.5. The van der Waals surface area contributed by atoms with Crippen LogP contribution in [0.5, 0.6) is 0 Å². The summed E-state index contributed by atoms with van der Waals surface area (Å²) < 4.78 is 46.2. The van der Waals surface area contributed by atoms with Gasteiger partial charge in [-0.25, -0.2) is 0 Å². The Balaban J connectivity index is 1.79. The molecule has 3 rings (SSSR count). The van der Waals surface area contributed by atoms with Gasteiger partial charge in [-0.15, -0.1) is 0 Å². The highest BCUT2D eigenvalue weighted by molar-refractivity contribution is 5.38. The van der Waals surface area contributed by atoms with Crippen LogP contribution in [0.2, 0.25) is 0 Å². The maximum Gasteiger partial charge on any atom is 0.0811 e. The summed E-state index contributed by atoms with van der Waals surface area (Å²) in [4.78, 5) is 0. The molecule has 0 unspecified atom stereocenters. The summed E-state index contributed by atoms with van der Waals surface area (Å²) in [7, 11) is 0. The molecular formula is C28H44O3. The van der Waals surface area contributed by atoms with E-state index < -0.39 is 37.4 Å². The Labute approximate surface area is 198 Å². The number of aliphatic hydroxyl groups is 3. The molecule has 0 amide bonds. The zero-order chi connectivity index (χ0) is 28.0.